The second kappa shape index (κ2) is 4.19. The molecule has 0 spiro atoms. The van der Waals surface area contributed by atoms with Crippen molar-refractivity contribution in [3.8, 4) is 0 Å². The lowest BCUT2D eigenvalue weighted by molar-refractivity contribution is 0.378. The third-order valence-corrected chi connectivity index (χ3v) is 3.35. The van der Waals surface area contributed by atoms with Crippen LogP contribution in [0.25, 0.3) is 11.0 Å². The highest BCUT2D eigenvalue weighted by Crippen LogP contribution is 2.29. The van der Waals surface area contributed by atoms with E-state index < -0.39 is 0 Å². The number of imidazole rings is 1. The van der Waals surface area contributed by atoms with Gasteiger partial charge in [0, 0.05) is 6.07 Å². The maximum Gasteiger partial charge on any atom is 0.201 e. The largest absolute Gasteiger partial charge is 0.369 e. The molecule has 0 amide bonds. The van der Waals surface area contributed by atoms with Crippen molar-refractivity contribution in [2.24, 2.45) is 0 Å². The second-order valence-corrected chi connectivity index (χ2v) is 4.60. The van der Waals surface area contributed by atoms with Crippen molar-refractivity contribution in [1.29, 1.82) is 0 Å². The average molecular weight is 283 g/mol. The fraction of sp³-hybridized carbons (Fsp3) is 0.0909. The Morgan fingerprint density at radius 2 is 2.06 bits per heavy atom. The molecule has 92 valence electrons. The zero-order valence-electron chi connectivity index (χ0n) is 9.10. The van der Waals surface area contributed by atoms with E-state index in [9.17, 15) is 0 Å². The molecule has 5 nitrogen and oxygen atoms in total. The highest BCUT2D eigenvalue weighted by molar-refractivity contribution is 6.42. The Kier molecular flexibility index (Phi) is 2.65. The Bertz CT molecular complexity index is 705. The molecule has 0 fully saturated rings. The lowest BCUT2D eigenvalue weighted by Gasteiger charge is -2.03. The molecule has 0 saturated carbocycles. The number of anilines is 1. The summed E-state index contributed by atoms with van der Waals surface area (Å²) in [5.41, 5.74) is 7.37. The first-order valence-electron chi connectivity index (χ1n) is 5.15. The second-order valence-electron chi connectivity index (χ2n) is 3.79. The number of halogens is 2. The molecule has 0 unspecified atom stereocenters. The summed E-state index contributed by atoms with van der Waals surface area (Å²) in [6, 6.07) is 5.19. The van der Waals surface area contributed by atoms with Gasteiger partial charge < -0.3 is 14.8 Å². The van der Waals surface area contributed by atoms with Crippen LogP contribution < -0.4 is 5.73 Å². The van der Waals surface area contributed by atoms with Crippen LogP contribution in [0.1, 0.15) is 5.76 Å². The first-order chi connectivity index (χ1) is 8.65. The zero-order valence-corrected chi connectivity index (χ0v) is 10.6. The summed E-state index contributed by atoms with van der Waals surface area (Å²) in [5, 5.41) is 4.56. The van der Waals surface area contributed by atoms with Crippen LogP contribution in [0.2, 0.25) is 10.0 Å². The van der Waals surface area contributed by atoms with Gasteiger partial charge in [0.05, 0.1) is 33.8 Å². The Morgan fingerprint density at radius 3 is 2.78 bits per heavy atom. The Balaban J connectivity index is 2.16. The van der Waals surface area contributed by atoms with Gasteiger partial charge >= 0.3 is 0 Å². The first-order valence-corrected chi connectivity index (χ1v) is 5.91. The lowest BCUT2D eigenvalue weighted by Crippen LogP contribution is -2.03. The quantitative estimate of drug-likeness (QED) is 0.785. The fourth-order valence-corrected chi connectivity index (χ4v) is 2.10. The number of rotatable bonds is 2. The summed E-state index contributed by atoms with van der Waals surface area (Å²) < 4.78 is 6.84. The lowest BCUT2D eigenvalue weighted by atomic mass is 10.3. The van der Waals surface area contributed by atoms with Crippen molar-refractivity contribution < 1.29 is 4.52 Å². The molecule has 0 radical (unpaired) electrons. The Labute approximate surface area is 112 Å². The van der Waals surface area contributed by atoms with Crippen LogP contribution in [0.5, 0.6) is 0 Å². The maximum atomic E-state index is 6.00. The summed E-state index contributed by atoms with van der Waals surface area (Å²) in [6.07, 6.45) is 1.58. The molecule has 2 N–H and O–H groups in total. The molecule has 0 aliphatic rings. The van der Waals surface area contributed by atoms with Gasteiger partial charge in [-0.3, -0.25) is 0 Å². The van der Waals surface area contributed by atoms with Crippen molar-refractivity contribution in [3.05, 3.63) is 40.2 Å². The number of nitrogens with two attached hydrogens (primary N) is 1. The highest BCUT2D eigenvalue weighted by Gasteiger charge is 2.12. The number of hydrogen-bond donors (Lipinski definition) is 1. The van der Waals surface area contributed by atoms with Crippen molar-refractivity contribution in [1.82, 2.24) is 14.7 Å². The smallest absolute Gasteiger partial charge is 0.201 e. The van der Waals surface area contributed by atoms with Gasteiger partial charge in [-0.05, 0) is 12.1 Å². The molecule has 2 heterocycles. The Morgan fingerprint density at radius 1 is 1.28 bits per heavy atom. The topological polar surface area (TPSA) is 69.9 Å². The number of benzene rings is 1. The van der Waals surface area contributed by atoms with E-state index >= 15 is 0 Å². The molecule has 1 aromatic carbocycles. The molecule has 3 aromatic rings. The van der Waals surface area contributed by atoms with Gasteiger partial charge in [-0.2, -0.15) is 0 Å². The standard InChI is InChI=1S/C11H8Cl2N4O/c12-7-3-9-10(4-8(7)13)17(11(14)16-9)5-6-1-2-15-18-6/h1-4H,5H2,(H2,14,16). The van der Waals surface area contributed by atoms with Crippen LogP contribution in [0.4, 0.5) is 5.95 Å². The molecule has 0 saturated heterocycles. The van der Waals surface area contributed by atoms with Crippen LogP contribution in [-0.4, -0.2) is 14.7 Å². The number of fused-ring (bicyclic) bond motifs is 1. The summed E-state index contributed by atoms with van der Waals surface area (Å²) in [7, 11) is 0. The number of nitrogens with zero attached hydrogens (tertiary/aromatic N) is 3. The molecule has 7 heteroatoms. The van der Waals surface area contributed by atoms with E-state index in [2.05, 4.69) is 10.1 Å². The van der Waals surface area contributed by atoms with E-state index in [1.165, 1.54) is 0 Å². The summed E-state index contributed by atoms with van der Waals surface area (Å²) in [6.45, 7) is 0.445. The summed E-state index contributed by atoms with van der Waals surface area (Å²) in [4.78, 5) is 4.23. The minimum absolute atomic E-state index is 0.375. The minimum atomic E-state index is 0.375. The van der Waals surface area contributed by atoms with Gasteiger partial charge in [-0.1, -0.05) is 28.4 Å². The average Bonchev–Trinajstić information content (AvgIpc) is 2.92. The predicted molar refractivity (Wildman–Crippen MR) is 69.8 cm³/mol. The maximum absolute atomic E-state index is 6.00. The van der Waals surface area contributed by atoms with Gasteiger partial charge in [0.2, 0.25) is 5.95 Å². The van der Waals surface area contributed by atoms with Gasteiger partial charge in [0.25, 0.3) is 0 Å². The highest BCUT2D eigenvalue weighted by atomic mass is 35.5. The van der Waals surface area contributed by atoms with Crippen LogP contribution in [0.3, 0.4) is 0 Å². The molecule has 0 aliphatic carbocycles. The number of hydrogen-bond acceptors (Lipinski definition) is 4. The first kappa shape index (κ1) is 11.4. The van der Waals surface area contributed by atoms with Crippen molar-refractivity contribution >= 4 is 40.2 Å². The van der Waals surface area contributed by atoms with E-state index in [-0.39, 0.29) is 0 Å². The third-order valence-electron chi connectivity index (χ3n) is 2.63. The molecule has 18 heavy (non-hydrogen) atoms. The fourth-order valence-electron chi connectivity index (χ4n) is 1.78. The summed E-state index contributed by atoms with van der Waals surface area (Å²) >= 11 is 11.9. The Hall–Kier alpha value is -1.72. The van der Waals surface area contributed by atoms with Gasteiger partial charge in [0.1, 0.15) is 0 Å². The molecule has 0 bridgehead atoms. The van der Waals surface area contributed by atoms with Gasteiger partial charge in [0.15, 0.2) is 5.76 Å². The summed E-state index contributed by atoms with van der Waals surface area (Å²) in [5.74, 6) is 1.06. The van der Waals surface area contributed by atoms with Crippen LogP contribution in [0.15, 0.2) is 28.9 Å². The van der Waals surface area contributed by atoms with Gasteiger partial charge in [-0.15, -0.1) is 0 Å². The molecule has 2 aromatic heterocycles. The predicted octanol–water partition coefficient (Wildman–Crippen LogP) is 2.96. The molecule has 0 aliphatic heterocycles. The monoisotopic (exact) mass is 282 g/mol. The van der Waals surface area contributed by atoms with E-state index in [1.54, 1.807) is 29.0 Å². The van der Waals surface area contributed by atoms with E-state index in [0.717, 1.165) is 5.52 Å². The normalized spacial score (nSPS) is 11.2. The molecule has 3 rings (SSSR count). The van der Waals surface area contributed by atoms with Crippen molar-refractivity contribution in [2.75, 3.05) is 5.73 Å². The number of aromatic nitrogens is 3. The van der Waals surface area contributed by atoms with E-state index in [1.807, 2.05) is 0 Å². The SMILES string of the molecule is Nc1nc2cc(Cl)c(Cl)cc2n1Cc1ccno1. The molecular weight excluding hydrogens is 275 g/mol. The van der Waals surface area contributed by atoms with Crippen LogP contribution in [0, 0.1) is 0 Å². The molecule has 0 atom stereocenters. The zero-order chi connectivity index (χ0) is 12.7. The molecular formula is C11H8Cl2N4O. The van der Waals surface area contributed by atoms with Crippen molar-refractivity contribution in [2.45, 2.75) is 6.54 Å². The van der Waals surface area contributed by atoms with Crippen LogP contribution >= 0.6 is 23.2 Å². The van der Waals surface area contributed by atoms with Gasteiger partial charge in [-0.25, -0.2) is 4.98 Å². The van der Waals surface area contributed by atoms with E-state index in [4.69, 9.17) is 33.5 Å². The third kappa shape index (κ3) is 1.81. The minimum Gasteiger partial charge on any atom is -0.369 e. The van der Waals surface area contributed by atoms with Crippen LogP contribution in [-0.2, 0) is 6.54 Å². The number of nitrogen functional groups attached to an aromatic ring is 1. The van der Waals surface area contributed by atoms with E-state index in [0.29, 0.717) is 33.8 Å². The van der Waals surface area contributed by atoms with Crippen molar-refractivity contribution in [3.63, 3.8) is 0 Å².